The molecule has 1 aliphatic heterocycles. The van der Waals surface area contributed by atoms with Crippen molar-refractivity contribution in [1.29, 1.82) is 0 Å². The molecule has 0 amide bonds. The average Bonchev–Trinajstić information content (AvgIpc) is 3.21. The second-order valence-electron chi connectivity index (χ2n) is 7.88. The third-order valence-electron chi connectivity index (χ3n) is 5.94. The molecular weight excluding hydrogens is 350 g/mol. The van der Waals surface area contributed by atoms with Gasteiger partial charge in [-0.1, -0.05) is 31.4 Å². The van der Waals surface area contributed by atoms with E-state index in [9.17, 15) is 0 Å². The molecule has 0 saturated heterocycles. The Labute approximate surface area is 165 Å². The standard InChI is InChI=1S/C23H25N3O2/c1-26(13-16-5-3-2-4-6-16)23-19-11-17(7-9-20(19)24-14-25-23)18-8-10-21-22(12-18)28-15-27-21/h7-12,14,16H,2-6,13,15H2,1H3. The highest BCUT2D eigenvalue weighted by molar-refractivity contribution is 5.93. The second-order valence-corrected chi connectivity index (χ2v) is 7.88. The summed E-state index contributed by atoms with van der Waals surface area (Å²) in [7, 11) is 2.16. The van der Waals surface area contributed by atoms with Gasteiger partial charge in [-0.05, 0) is 54.2 Å². The smallest absolute Gasteiger partial charge is 0.231 e. The predicted octanol–water partition coefficient (Wildman–Crippen LogP) is 5.04. The van der Waals surface area contributed by atoms with Gasteiger partial charge in [-0.3, -0.25) is 0 Å². The van der Waals surface area contributed by atoms with Crippen LogP contribution in [0.3, 0.4) is 0 Å². The number of aromatic nitrogens is 2. The number of fused-ring (bicyclic) bond motifs is 2. The van der Waals surface area contributed by atoms with Gasteiger partial charge in [0.15, 0.2) is 11.5 Å². The van der Waals surface area contributed by atoms with E-state index in [0.717, 1.165) is 51.8 Å². The van der Waals surface area contributed by atoms with Gasteiger partial charge in [-0.15, -0.1) is 0 Å². The van der Waals surface area contributed by atoms with E-state index >= 15 is 0 Å². The molecule has 0 bridgehead atoms. The van der Waals surface area contributed by atoms with Crippen LogP contribution in [0.4, 0.5) is 5.82 Å². The third-order valence-corrected chi connectivity index (χ3v) is 5.94. The van der Waals surface area contributed by atoms with Crippen molar-refractivity contribution in [1.82, 2.24) is 9.97 Å². The van der Waals surface area contributed by atoms with E-state index < -0.39 is 0 Å². The first-order valence-corrected chi connectivity index (χ1v) is 10.1. The molecule has 2 aromatic carbocycles. The maximum absolute atomic E-state index is 5.54. The molecule has 28 heavy (non-hydrogen) atoms. The van der Waals surface area contributed by atoms with E-state index in [1.54, 1.807) is 6.33 Å². The molecule has 5 heteroatoms. The van der Waals surface area contributed by atoms with Gasteiger partial charge in [0.05, 0.1) is 5.52 Å². The molecule has 3 aromatic rings. The highest BCUT2D eigenvalue weighted by Crippen LogP contribution is 2.37. The summed E-state index contributed by atoms with van der Waals surface area (Å²) in [5.41, 5.74) is 3.22. The van der Waals surface area contributed by atoms with Gasteiger partial charge in [0, 0.05) is 19.0 Å². The fourth-order valence-corrected chi connectivity index (χ4v) is 4.45. The summed E-state index contributed by atoms with van der Waals surface area (Å²) >= 11 is 0. The minimum atomic E-state index is 0.292. The van der Waals surface area contributed by atoms with Crippen molar-refractivity contribution in [3.63, 3.8) is 0 Å². The summed E-state index contributed by atoms with van der Waals surface area (Å²) in [6.45, 7) is 1.35. The molecule has 1 aliphatic carbocycles. The third kappa shape index (κ3) is 3.26. The molecule has 1 aromatic heterocycles. The van der Waals surface area contributed by atoms with E-state index in [2.05, 4.69) is 46.2 Å². The maximum Gasteiger partial charge on any atom is 0.231 e. The van der Waals surface area contributed by atoms with Crippen LogP contribution in [0.25, 0.3) is 22.0 Å². The molecule has 144 valence electrons. The lowest BCUT2D eigenvalue weighted by atomic mass is 9.89. The molecule has 0 spiro atoms. The van der Waals surface area contributed by atoms with Gasteiger partial charge < -0.3 is 14.4 Å². The Morgan fingerprint density at radius 3 is 2.61 bits per heavy atom. The Balaban J connectivity index is 1.49. The van der Waals surface area contributed by atoms with E-state index in [0.29, 0.717) is 6.79 Å². The lowest BCUT2D eigenvalue weighted by molar-refractivity contribution is 0.174. The summed E-state index contributed by atoms with van der Waals surface area (Å²) in [6, 6.07) is 12.5. The van der Waals surface area contributed by atoms with Crippen LogP contribution in [0.2, 0.25) is 0 Å². The Bertz CT molecular complexity index is 998. The first kappa shape index (κ1) is 17.3. The van der Waals surface area contributed by atoms with Crippen molar-refractivity contribution in [3.8, 4) is 22.6 Å². The molecule has 2 heterocycles. The fraction of sp³-hybridized carbons (Fsp3) is 0.391. The van der Waals surface area contributed by atoms with Crippen molar-refractivity contribution in [3.05, 3.63) is 42.7 Å². The van der Waals surface area contributed by atoms with Gasteiger partial charge in [-0.25, -0.2) is 9.97 Å². The summed E-state index contributed by atoms with van der Waals surface area (Å²) in [5.74, 6) is 3.39. The van der Waals surface area contributed by atoms with Crippen molar-refractivity contribution in [2.24, 2.45) is 5.92 Å². The Morgan fingerprint density at radius 1 is 0.929 bits per heavy atom. The predicted molar refractivity (Wildman–Crippen MR) is 111 cm³/mol. The van der Waals surface area contributed by atoms with Crippen LogP contribution in [0.5, 0.6) is 11.5 Å². The van der Waals surface area contributed by atoms with Gasteiger partial charge in [0.25, 0.3) is 0 Å². The lowest BCUT2D eigenvalue weighted by Crippen LogP contribution is -2.27. The summed E-state index contributed by atoms with van der Waals surface area (Å²) < 4.78 is 11.0. The van der Waals surface area contributed by atoms with Crippen molar-refractivity contribution < 1.29 is 9.47 Å². The topological polar surface area (TPSA) is 47.5 Å². The van der Waals surface area contributed by atoms with Crippen LogP contribution in [0.1, 0.15) is 32.1 Å². The molecule has 0 N–H and O–H groups in total. The number of benzene rings is 2. The molecule has 2 aliphatic rings. The normalized spacial score (nSPS) is 16.5. The maximum atomic E-state index is 5.54. The first-order chi connectivity index (χ1) is 13.8. The molecule has 1 saturated carbocycles. The minimum absolute atomic E-state index is 0.292. The van der Waals surface area contributed by atoms with Crippen LogP contribution >= 0.6 is 0 Å². The van der Waals surface area contributed by atoms with E-state index in [-0.39, 0.29) is 0 Å². The molecule has 0 unspecified atom stereocenters. The Morgan fingerprint density at radius 2 is 1.71 bits per heavy atom. The van der Waals surface area contributed by atoms with Crippen LogP contribution in [0, 0.1) is 5.92 Å². The highest BCUT2D eigenvalue weighted by atomic mass is 16.7. The van der Waals surface area contributed by atoms with E-state index in [1.165, 1.54) is 32.1 Å². The van der Waals surface area contributed by atoms with Crippen molar-refractivity contribution >= 4 is 16.7 Å². The zero-order valence-electron chi connectivity index (χ0n) is 16.2. The van der Waals surface area contributed by atoms with E-state index in [1.807, 2.05) is 12.1 Å². The van der Waals surface area contributed by atoms with Gasteiger partial charge >= 0.3 is 0 Å². The molecular formula is C23H25N3O2. The zero-order valence-corrected chi connectivity index (χ0v) is 16.2. The molecule has 0 radical (unpaired) electrons. The SMILES string of the molecule is CN(CC1CCCCC1)c1ncnc2ccc(-c3ccc4c(c3)OCO4)cc12. The summed E-state index contributed by atoms with van der Waals surface area (Å²) in [5, 5.41) is 1.09. The molecule has 1 fully saturated rings. The van der Waals surface area contributed by atoms with Crippen molar-refractivity contribution in [2.45, 2.75) is 32.1 Å². The van der Waals surface area contributed by atoms with Gasteiger partial charge in [0.1, 0.15) is 12.1 Å². The van der Waals surface area contributed by atoms with E-state index in [4.69, 9.17) is 9.47 Å². The first-order valence-electron chi connectivity index (χ1n) is 10.1. The molecule has 5 nitrogen and oxygen atoms in total. The van der Waals surface area contributed by atoms with Crippen LogP contribution in [-0.4, -0.2) is 30.4 Å². The number of hydrogen-bond donors (Lipinski definition) is 0. The molecule has 0 atom stereocenters. The molecule has 5 rings (SSSR count). The zero-order chi connectivity index (χ0) is 18.9. The van der Waals surface area contributed by atoms with Crippen LogP contribution in [0.15, 0.2) is 42.7 Å². The number of rotatable bonds is 4. The van der Waals surface area contributed by atoms with Crippen molar-refractivity contribution in [2.75, 3.05) is 25.3 Å². The minimum Gasteiger partial charge on any atom is -0.454 e. The number of nitrogens with zero attached hydrogens (tertiary/aromatic N) is 3. The van der Waals surface area contributed by atoms with Gasteiger partial charge in [0.2, 0.25) is 6.79 Å². The Kier molecular flexibility index (Phi) is 4.51. The highest BCUT2D eigenvalue weighted by Gasteiger charge is 2.18. The average molecular weight is 375 g/mol. The van der Waals surface area contributed by atoms with Gasteiger partial charge in [-0.2, -0.15) is 0 Å². The monoisotopic (exact) mass is 375 g/mol. The largest absolute Gasteiger partial charge is 0.454 e. The summed E-state index contributed by atoms with van der Waals surface area (Å²) in [6.07, 6.45) is 8.44. The fourth-order valence-electron chi connectivity index (χ4n) is 4.45. The van der Waals surface area contributed by atoms with Crippen LogP contribution in [-0.2, 0) is 0 Å². The Hall–Kier alpha value is -2.82. The number of hydrogen-bond acceptors (Lipinski definition) is 5. The van der Waals surface area contributed by atoms with Crippen LogP contribution < -0.4 is 14.4 Å². The number of anilines is 1. The second kappa shape index (κ2) is 7.30. The number of ether oxygens (including phenoxy) is 2. The quantitative estimate of drug-likeness (QED) is 0.639. The lowest BCUT2D eigenvalue weighted by Gasteiger charge is -2.28. The summed E-state index contributed by atoms with van der Waals surface area (Å²) in [4.78, 5) is 11.4.